The van der Waals surface area contributed by atoms with Crippen LogP contribution in [-0.4, -0.2) is 29.7 Å². The molecule has 0 radical (unpaired) electrons. The van der Waals surface area contributed by atoms with Crippen LogP contribution in [0.5, 0.6) is 0 Å². The van der Waals surface area contributed by atoms with Crippen molar-refractivity contribution in [3.63, 3.8) is 0 Å². The van der Waals surface area contributed by atoms with Crippen LogP contribution >= 0.6 is 0 Å². The normalized spacial score (nSPS) is 20.6. The van der Waals surface area contributed by atoms with E-state index in [0.717, 1.165) is 36.2 Å². The maximum Gasteiger partial charge on any atom is 0.152 e. The second-order valence-corrected chi connectivity index (χ2v) is 4.17. The zero-order valence-corrected chi connectivity index (χ0v) is 9.69. The molecule has 17 heavy (non-hydrogen) atoms. The molecule has 1 aliphatic rings. The number of nitrogens with one attached hydrogen (secondary N) is 2. The lowest BCUT2D eigenvalue weighted by Crippen LogP contribution is -2.35. The number of H-pyrrole nitrogens is 1. The molecule has 1 fully saturated rings. The predicted octanol–water partition coefficient (Wildman–Crippen LogP) is 1.64. The van der Waals surface area contributed by atoms with Crippen molar-refractivity contribution < 1.29 is 9.15 Å². The summed E-state index contributed by atoms with van der Waals surface area (Å²) < 4.78 is 11.0. The van der Waals surface area contributed by atoms with E-state index in [2.05, 4.69) is 15.3 Å². The van der Waals surface area contributed by atoms with Crippen LogP contribution < -0.4 is 5.32 Å². The van der Waals surface area contributed by atoms with Crippen molar-refractivity contribution in [3.05, 3.63) is 29.9 Å². The van der Waals surface area contributed by atoms with Gasteiger partial charge in [0.15, 0.2) is 5.76 Å². The number of hydrogen-bond donors (Lipinski definition) is 2. The molecular formula is C12H15N3O2. The predicted molar refractivity (Wildman–Crippen MR) is 62.6 cm³/mol. The summed E-state index contributed by atoms with van der Waals surface area (Å²) in [6.45, 7) is 4.21. The van der Waals surface area contributed by atoms with Crippen LogP contribution in [0, 0.1) is 6.92 Å². The second kappa shape index (κ2) is 4.35. The quantitative estimate of drug-likeness (QED) is 0.827. The lowest BCUT2D eigenvalue weighted by atomic mass is 10.2. The summed E-state index contributed by atoms with van der Waals surface area (Å²) in [6, 6.07) is 4.03. The zero-order valence-electron chi connectivity index (χ0n) is 9.69. The average molecular weight is 233 g/mol. The Morgan fingerprint density at radius 3 is 3.06 bits per heavy atom. The Bertz CT molecular complexity index is 497. The van der Waals surface area contributed by atoms with E-state index < -0.39 is 0 Å². The molecule has 1 atom stereocenters. The number of aromatic nitrogens is 2. The Morgan fingerprint density at radius 2 is 2.35 bits per heavy atom. The van der Waals surface area contributed by atoms with Gasteiger partial charge in [0, 0.05) is 6.54 Å². The van der Waals surface area contributed by atoms with Crippen molar-refractivity contribution in [2.24, 2.45) is 0 Å². The molecule has 2 N–H and O–H groups in total. The Hall–Kier alpha value is -1.59. The molecule has 2 aromatic rings. The molecule has 0 aliphatic carbocycles. The first-order valence-electron chi connectivity index (χ1n) is 5.76. The van der Waals surface area contributed by atoms with Crippen LogP contribution in [0.4, 0.5) is 0 Å². The lowest BCUT2D eigenvalue weighted by Gasteiger charge is -2.21. The molecule has 1 saturated heterocycles. The van der Waals surface area contributed by atoms with Crippen molar-refractivity contribution in [1.29, 1.82) is 0 Å². The van der Waals surface area contributed by atoms with E-state index in [1.54, 1.807) is 6.20 Å². The maximum atomic E-state index is 5.55. The fraction of sp³-hybridized carbons (Fsp3) is 0.417. The number of aryl methyl sites for hydroxylation is 1. The summed E-state index contributed by atoms with van der Waals surface area (Å²) in [5, 5.41) is 3.36. The zero-order chi connectivity index (χ0) is 11.7. The van der Waals surface area contributed by atoms with Gasteiger partial charge >= 0.3 is 0 Å². The minimum atomic E-state index is 0.147. The van der Waals surface area contributed by atoms with Crippen LogP contribution in [0.2, 0.25) is 0 Å². The molecule has 0 bridgehead atoms. The highest BCUT2D eigenvalue weighted by molar-refractivity contribution is 5.51. The number of ether oxygens (including phenoxy) is 1. The maximum absolute atomic E-state index is 5.55. The van der Waals surface area contributed by atoms with Crippen molar-refractivity contribution >= 4 is 0 Å². The number of rotatable bonds is 2. The Morgan fingerprint density at radius 1 is 1.41 bits per heavy atom. The van der Waals surface area contributed by atoms with Crippen molar-refractivity contribution in [2.45, 2.75) is 13.0 Å². The van der Waals surface area contributed by atoms with E-state index in [1.165, 1.54) is 0 Å². The summed E-state index contributed by atoms with van der Waals surface area (Å²) in [6.07, 6.45) is 1.80. The third kappa shape index (κ3) is 2.11. The highest BCUT2D eigenvalue weighted by Crippen LogP contribution is 2.22. The summed E-state index contributed by atoms with van der Waals surface area (Å²) in [7, 11) is 0. The van der Waals surface area contributed by atoms with Gasteiger partial charge in [-0.05, 0) is 19.1 Å². The molecule has 90 valence electrons. The van der Waals surface area contributed by atoms with Gasteiger partial charge in [-0.25, -0.2) is 4.98 Å². The van der Waals surface area contributed by atoms with E-state index in [4.69, 9.17) is 9.15 Å². The Balaban J connectivity index is 1.82. The monoisotopic (exact) mass is 233 g/mol. The van der Waals surface area contributed by atoms with E-state index >= 15 is 0 Å². The third-order valence-electron chi connectivity index (χ3n) is 2.85. The van der Waals surface area contributed by atoms with Crippen molar-refractivity contribution in [2.75, 3.05) is 19.8 Å². The van der Waals surface area contributed by atoms with Crippen LogP contribution in [-0.2, 0) is 4.74 Å². The van der Waals surface area contributed by atoms with Crippen molar-refractivity contribution in [1.82, 2.24) is 15.3 Å². The van der Waals surface area contributed by atoms with E-state index in [0.29, 0.717) is 6.61 Å². The number of nitrogens with zero attached hydrogens (tertiary/aromatic N) is 1. The van der Waals surface area contributed by atoms with Gasteiger partial charge in [0.2, 0.25) is 0 Å². The van der Waals surface area contributed by atoms with Gasteiger partial charge in [0.05, 0.1) is 25.5 Å². The third-order valence-corrected chi connectivity index (χ3v) is 2.85. The topological polar surface area (TPSA) is 63.1 Å². The molecular weight excluding hydrogens is 218 g/mol. The van der Waals surface area contributed by atoms with Gasteiger partial charge in [-0.2, -0.15) is 0 Å². The number of morpholine rings is 1. The molecule has 5 nitrogen and oxygen atoms in total. The highest BCUT2D eigenvalue weighted by atomic mass is 16.5. The molecule has 0 aromatic carbocycles. The number of furan rings is 1. The molecule has 1 aliphatic heterocycles. The molecule has 5 heteroatoms. The number of imidazole rings is 1. The molecule has 1 unspecified atom stereocenters. The first-order valence-corrected chi connectivity index (χ1v) is 5.76. The second-order valence-electron chi connectivity index (χ2n) is 4.17. The van der Waals surface area contributed by atoms with Gasteiger partial charge in [0.1, 0.15) is 17.3 Å². The Labute approximate surface area is 99.2 Å². The van der Waals surface area contributed by atoms with Gasteiger partial charge in [-0.15, -0.1) is 0 Å². The first-order chi connectivity index (χ1) is 8.33. The van der Waals surface area contributed by atoms with Crippen molar-refractivity contribution in [3.8, 4) is 11.5 Å². The lowest BCUT2D eigenvalue weighted by molar-refractivity contribution is 0.0745. The van der Waals surface area contributed by atoms with Gasteiger partial charge in [-0.3, -0.25) is 0 Å². The Kier molecular flexibility index (Phi) is 2.70. The first kappa shape index (κ1) is 10.6. The molecule has 0 amide bonds. The standard InChI is InChI=1S/C12H15N3O2/c1-8-2-3-11(17-8)9-6-14-12(15-9)10-7-16-5-4-13-10/h2-3,6,10,13H,4-5,7H2,1H3,(H,14,15). The van der Waals surface area contributed by atoms with Crippen LogP contribution in [0.3, 0.4) is 0 Å². The minimum absolute atomic E-state index is 0.147. The minimum Gasteiger partial charge on any atom is -0.460 e. The molecule has 2 aromatic heterocycles. The number of aromatic amines is 1. The van der Waals surface area contributed by atoms with E-state index in [-0.39, 0.29) is 6.04 Å². The smallest absolute Gasteiger partial charge is 0.152 e. The largest absolute Gasteiger partial charge is 0.460 e. The fourth-order valence-corrected chi connectivity index (χ4v) is 1.96. The molecule has 3 heterocycles. The molecule has 3 rings (SSSR count). The summed E-state index contributed by atoms with van der Waals surface area (Å²) in [5.74, 6) is 2.61. The van der Waals surface area contributed by atoms with Gasteiger partial charge in [0.25, 0.3) is 0 Å². The number of hydrogen-bond acceptors (Lipinski definition) is 4. The van der Waals surface area contributed by atoms with Gasteiger partial charge in [-0.1, -0.05) is 0 Å². The fourth-order valence-electron chi connectivity index (χ4n) is 1.96. The van der Waals surface area contributed by atoms with Crippen LogP contribution in [0.25, 0.3) is 11.5 Å². The highest BCUT2D eigenvalue weighted by Gasteiger charge is 2.18. The molecule has 0 saturated carbocycles. The van der Waals surface area contributed by atoms with E-state index in [9.17, 15) is 0 Å². The van der Waals surface area contributed by atoms with Gasteiger partial charge < -0.3 is 19.5 Å². The van der Waals surface area contributed by atoms with E-state index in [1.807, 2.05) is 19.1 Å². The van der Waals surface area contributed by atoms with Crippen LogP contribution in [0.1, 0.15) is 17.6 Å². The summed E-state index contributed by atoms with van der Waals surface area (Å²) >= 11 is 0. The molecule has 0 spiro atoms. The van der Waals surface area contributed by atoms with Crippen LogP contribution in [0.15, 0.2) is 22.7 Å². The average Bonchev–Trinajstić information content (AvgIpc) is 2.98. The summed E-state index contributed by atoms with van der Waals surface area (Å²) in [4.78, 5) is 7.63. The SMILES string of the molecule is Cc1ccc(-c2cnc(C3COCCN3)[nH]2)o1. The summed E-state index contributed by atoms with van der Waals surface area (Å²) in [5.41, 5.74) is 0.903.